The maximum absolute atomic E-state index is 12.6. The van der Waals surface area contributed by atoms with Crippen LogP contribution in [0.4, 0.5) is 5.69 Å². The van der Waals surface area contributed by atoms with E-state index in [4.69, 9.17) is 4.74 Å². The van der Waals surface area contributed by atoms with Crippen molar-refractivity contribution in [1.29, 1.82) is 0 Å². The summed E-state index contributed by atoms with van der Waals surface area (Å²) < 4.78 is 5.06. The van der Waals surface area contributed by atoms with Gasteiger partial charge in [-0.2, -0.15) is 0 Å². The van der Waals surface area contributed by atoms with E-state index in [9.17, 15) is 14.4 Å². The van der Waals surface area contributed by atoms with E-state index < -0.39 is 18.5 Å². The normalized spacial score (nSPS) is 10.2. The van der Waals surface area contributed by atoms with Crippen LogP contribution in [0.5, 0.6) is 0 Å². The minimum absolute atomic E-state index is 0.0893. The second kappa shape index (κ2) is 10.7. The highest BCUT2D eigenvalue weighted by atomic mass is 16.5. The summed E-state index contributed by atoms with van der Waals surface area (Å²) in [6.45, 7) is 1.91. The number of para-hydroxylation sites is 1. The molecule has 158 valence electrons. The van der Waals surface area contributed by atoms with E-state index in [2.05, 4.69) is 10.6 Å². The first kappa shape index (κ1) is 21.8. The predicted octanol–water partition coefficient (Wildman–Crippen LogP) is 3.65. The number of amides is 2. The van der Waals surface area contributed by atoms with Crippen molar-refractivity contribution in [1.82, 2.24) is 5.32 Å². The molecule has 0 radical (unpaired) electrons. The zero-order chi connectivity index (χ0) is 22.1. The number of carbonyl (C=O) groups excluding carboxylic acids is 3. The van der Waals surface area contributed by atoms with Crippen LogP contribution in [0.3, 0.4) is 0 Å². The molecule has 31 heavy (non-hydrogen) atoms. The second-order valence-electron chi connectivity index (χ2n) is 7.09. The van der Waals surface area contributed by atoms with Crippen LogP contribution in [-0.4, -0.2) is 24.4 Å². The van der Waals surface area contributed by atoms with Gasteiger partial charge in [0.2, 0.25) is 0 Å². The molecule has 0 atom stereocenters. The molecular weight excluding hydrogens is 392 g/mol. The van der Waals surface area contributed by atoms with Crippen LogP contribution in [-0.2, 0) is 27.3 Å². The number of anilines is 1. The highest BCUT2D eigenvalue weighted by Crippen LogP contribution is 2.15. The first-order chi connectivity index (χ1) is 15.0. The molecule has 0 aromatic heterocycles. The van der Waals surface area contributed by atoms with Crippen molar-refractivity contribution >= 4 is 23.5 Å². The third-order valence-electron chi connectivity index (χ3n) is 4.57. The Morgan fingerprint density at radius 1 is 0.806 bits per heavy atom. The van der Waals surface area contributed by atoms with Crippen molar-refractivity contribution in [3.8, 4) is 0 Å². The van der Waals surface area contributed by atoms with Crippen molar-refractivity contribution in [3.63, 3.8) is 0 Å². The van der Waals surface area contributed by atoms with Crippen LogP contribution in [0, 0.1) is 6.92 Å². The molecule has 3 rings (SSSR count). The van der Waals surface area contributed by atoms with E-state index in [1.165, 1.54) is 0 Å². The zero-order valence-electron chi connectivity index (χ0n) is 17.3. The van der Waals surface area contributed by atoms with Crippen LogP contribution in [0.1, 0.15) is 27.0 Å². The second-order valence-corrected chi connectivity index (χ2v) is 7.09. The molecule has 0 unspecified atom stereocenters. The molecule has 6 nitrogen and oxygen atoms in total. The number of aryl methyl sites for hydroxylation is 1. The molecule has 0 aliphatic rings. The summed E-state index contributed by atoms with van der Waals surface area (Å²) in [6.07, 6.45) is 0.0893. The van der Waals surface area contributed by atoms with Crippen LogP contribution >= 0.6 is 0 Å². The number of hydrogen-bond acceptors (Lipinski definition) is 4. The third-order valence-corrected chi connectivity index (χ3v) is 4.57. The van der Waals surface area contributed by atoms with Gasteiger partial charge in [-0.25, -0.2) is 0 Å². The molecule has 0 bridgehead atoms. The SMILES string of the molecule is Cc1ccc(CC(=O)OCC(=O)Nc2ccccc2C(=O)NCc2ccccc2)cc1. The number of carbonyl (C=O) groups is 3. The summed E-state index contributed by atoms with van der Waals surface area (Å²) >= 11 is 0. The fourth-order valence-corrected chi connectivity index (χ4v) is 2.92. The number of hydrogen-bond donors (Lipinski definition) is 2. The van der Waals surface area contributed by atoms with E-state index in [0.717, 1.165) is 16.7 Å². The predicted molar refractivity (Wildman–Crippen MR) is 119 cm³/mol. The topological polar surface area (TPSA) is 84.5 Å². The lowest BCUT2D eigenvalue weighted by atomic mass is 10.1. The monoisotopic (exact) mass is 416 g/mol. The van der Waals surface area contributed by atoms with Crippen LogP contribution in [0.15, 0.2) is 78.9 Å². The summed E-state index contributed by atoms with van der Waals surface area (Å²) in [5.41, 5.74) is 3.57. The van der Waals surface area contributed by atoms with Crippen molar-refractivity contribution < 1.29 is 19.1 Å². The standard InChI is InChI=1S/C25H24N2O4/c1-18-11-13-19(14-12-18)15-24(29)31-17-23(28)27-22-10-6-5-9-21(22)25(30)26-16-20-7-3-2-4-8-20/h2-14H,15-17H2,1H3,(H,26,30)(H,27,28). The number of rotatable bonds is 8. The summed E-state index contributed by atoms with van der Waals surface area (Å²) in [7, 11) is 0. The molecule has 3 aromatic rings. The Kier molecular flexibility index (Phi) is 7.54. The van der Waals surface area contributed by atoms with Gasteiger partial charge in [-0.15, -0.1) is 0 Å². The molecule has 0 heterocycles. The first-order valence-corrected chi connectivity index (χ1v) is 9.93. The molecule has 6 heteroatoms. The van der Waals surface area contributed by atoms with Gasteiger partial charge >= 0.3 is 5.97 Å². The van der Waals surface area contributed by atoms with Gasteiger partial charge < -0.3 is 15.4 Å². The molecule has 0 aliphatic heterocycles. The Morgan fingerprint density at radius 3 is 2.23 bits per heavy atom. The van der Waals surface area contributed by atoms with E-state index in [1.807, 2.05) is 61.5 Å². The summed E-state index contributed by atoms with van der Waals surface area (Å²) in [5, 5.41) is 5.47. The highest BCUT2D eigenvalue weighted by molar-refractivity contribution is 6.04. The van der Waals surface area contributed by atoms with Crippen molar-refractivity contribution in [2.75, 3.05) is 11.9 Å². The van der Waals surface area contributed by atoms with Crippen LogP contribution in [0.2, 0.25) is 0 Å². The zero-order valence-corrected chi connectivity index (χ0v) is 17.3. The molecule has 3 aromatic carbocycles. The summed E-state index contributed by atoms with van der Waals surface area (Å²) in [5.74, 6) is -1.32. The van der Waals surface area contributed by atoms with E-state index in [1.54, 1.807) is 24.3 Å². The first-order valence-electron chi connectivity index (χ1n) is 9.93. The minimum atomic E-state index is -0.513. The fourth-order valence-electron chi connectivity index (χ4n) is 2.92. The van der Waals surface area contributed by atoms with Crippen molar-refractivity contribution in [2.24, 2.45) is 0 Å². The average Bonchev–Trinajstić information content (AvgIpc) is 2.79. The lowest BCUT2D eigenvalue weighted by Gasteiger charge is -2.12. The Bertz CT molecular complexity index is 1050. The number of esters is 1. The van der Waals surface area contributed by atoms with E-state index >= 15 is 0 Å². The van der Waals surface area contributed by atoms with Crippen LogP contribution in [0.25, 0.3) is 0 Å². The molecule has 0 aliphatic carbocycles. The van der Waals surface area contributed by atoms with Gasteiger partial charge in [-0.3, -0.25) is 14.4 Å². The number of ether oxygens (including phenoxy) is 1. The molecule has 2 amide bonds. The number of nitrogens with one attached hydrogen (secondary N) is 2. The van der Waals surface area contributed by atoms with Crippen molar-refractivity contribution in [3.05, 3.63) is 101 Å². The summed E-state index contributed by atoms with van der Waals surface area (Å²) in [4.78, 5) is 36.8. The van der Waals surface area contributed by atoms with Gasteiger partial charge in [0, 0.05) is 6.54 Å². The van der Waals surface area contributed by atoms with Gasteiger partial charge in [0.15, 0.2) is 6.61 Å². The van der Waals surface area contributed by atoms with E-state index in [-0.39, 0.29) is 12.3 Å². The number of benzene rings is 3. The average molecular weight is 416 g/mol. The molecular formula is C25H24N2O4. The quantitative estimate of drug-likeness (QED) is 0.549. The molecule has 2 N–H and O–H groups in total. The maximum atomic E-state index is 12.6. The Hall–Kier alpha value is -3.93. The molecule has 0 spiro atoms. The minimum Gasteiger partial charge on any atom is -0.455 e. The Morgan fingerprint density at radius 2 is 1.48 bits per heavy atom. The van der Waals surface area contributed by atoms with E-state index in [0.29, 0.717) is 17.8 Å². The van der Waals surface area contributed by atoms with Gasteiger partial charge in [0.05, 0.1) is 17.7 Å². The smallest absolute Gasteiger partial charge is 0.310 e. The molecule has 0 saturated heterocycles. The van der Waals surface area contributed by atoms with Gasteiger partial charge in [-0.1, -0.05) is 72.3 Å². The van der Waals surface area contributed by atoms with Gasteiger partial charge in [0.1, 0.15) is 0 Å². The lowest BCUT2D eigenvalue weighted by Crippen LogP contribution is -2.26. The van der Waals surface area contributed by atoms with Crippen LogP contribution < -0.4 is 10.6 Å². The molecule has 0 saturated carbocycles. The third kappa shape index (κ3) is 6.82. The fraction of sp³-hybridized carbons (Fsp3) is 0.160. The highest BCUT2D eigenvalue weighted by Gasteiger charge is 2.14. The van der Waals surface area contributed by atoms with Crippen molar-refractivity contribution in [2.45, 2.75) is 19.9 Å². The van der Waals surface area contributed by atoms with Gasteiger partial charge in [-0.05, 0) is 30.2 Å². The largest absolute Gasteiger partial charge is 0.455 e. The summed E-state index contributed by atoms with van der Waals surface area (Å²) in [6, 6.07) is 23.7. The Balaban J connectivity index is 1.52. The lowest BCUT2D eigenvalue weighted by molar-refractivity contribution is -0.146. The maximum Gasteiger partial charge on any atom is 0.310 e. The van der Waals surface area contributed by atoms with Gasteiger partial charge in [0.25, 0.3) is 11.8 Å². The molecule has 0 fully saturated rings. The Labute approximate surface area is 181 Å².